The summed E-state index contributed by atoms with van der Waals surface area (Å²) in [6.45, 7) is 5.46. The van der Waals surface area contributed by atoms with E-state index in [1.807, 2.05) is 60.7 Å². The predicted molar refractivity (Wildman–Crippen MR) is 192 cm³/mol. The van der Waals surface area contributed by atoms with Gasteiger partial charge in [0.2, 0.25) is 5.24 Å². The molecule has 0 saturated heterocycles. The van der Waals surface area contributed by atoms with Gasteiger partial charge >= 0.3 is 18.9 Å². The summed E-state index contributed by atoms with van der Waals surface area (Å²) >= 11 is 5.15. The third kappa shape index (κ3) is 16.6. The summed E-state index contributed by atoms with van der Waals surface area (Å²) in [6, 6.07) is 48.9. The number of hydrogen-bond acceptors (Lipinski definition) is 5. The van der Waals surface area contributed by atoms with Crippen LogP contribution in [0.3, 0.4) is 0 Å². The predicted octanol–water partition coefficient (Wildman–Crippen LogP) is 6.43. The quantitative estimate of drug-likeness (QED) is 0.0863. The molecule has 0 bridgehead atoms. The molecule has 3 radical (unpaired) electrons. The SMILES string of the molecule is CC(=O)c1cc[c-]cc1.O=C(Cc1ccnc2ccccc12)c1cc[c-]cc1.O=C(Cl)c1cc[c-]cc1.[CH2-]c1ccnc2ccccc12.[Li+].[Y].[Y].[Y]. The van der Waals surface area contributed by atoms with E-state index in [4.69, 9.17) is 11.6 Å². The van der Waals surface area contributed by atoms with Gasteiger partial charge in [-0.25, -0.2) is 0 Å². The van der Waals surface area contributed by atoms with E-state index in [-0.39, 0.29) is 129 Å². The van der Waals surface area contributed by atoms with Crippen LogP contribution in [-0.2, 0) is 105 Å². The Morgan fingerprint density at radius 3 is 1.46 bits per heavy atom. The van der Waals surface area contributed by atoms with Gasteiger partial charge in [0.15, 0.2) is 0 Å². The molecule has 247 valence electrons. The maximum absolute atomic E-state index is 12.2. The Hall–Kier alpha value is -2.00. The largest absolute Gasteiger partial charge is 1.00 e. The molecule has 52 heavy (non-hydrogen) atoms. The summed E-state index contributed by atoms with van der Waals surface area (Å²) in [5.74, 6) is 0.217. The molecule has 0 N–H and O–H groups in total. The van der Waals surface area contributed by atoms with E-state index in [0.29, 0.717) is 12.0 Å². The Morgan fingerprint density at radius 2 is 1.02 bits per heavy atom. The van der Waals surface area contributed by atoms with Crippen molar-refractivity contribution in [2.75, 3.05) is 0 Å². The number of rotatable bonds is 5. The third-order valence-electron chi connectivity index (χ3n) is 6.94. The zero-order valence-electron chi connectivity index (χ0n) is 29.0. The Bertz CT molecular complexity index is 2050. The summed E-state index contributed by atoms with van der Waals surface area (Å²) in [5, 5.41) is 1.75. The topological polar surface area (TPSA) is 77.0 Å². The van der Waals surface area contributed by atoms with Gasteiger partial charge in [0, 0.05) is 122 Å². The summed E-state index contributed by atoms with van der Waals surface area (Å²) in [5.41, 5.74) is 5.97. The first-order valence-corrected chi connectivity index (χ1v) is 15.3. The van der Waals surface area contributed by atoms with E-state index in [2.05, 4.69) is 35.1 Å². The maximum atomic E-state index is 12.2. The van der Waals surface area contributed by atoms with Crippen LogP contribution in [0.4, 0.5) is 0 Å². The second-order valence-corrected chi connectivity index (χ2v) is 10.6. The van der Waals surface area contributed by atoms with Crippen LogP contribution in [0.5, 0.6) is 0 Å². The Balaban J connectivity index is 0.000000687. The van der Waals surface area contributed by atoms with Crippen LogP contribution in [0.2, 0.25) is 0 Å². The number of para-hydroxylation sites is 2. The van der Waals surface area contributed by atoms with Crippen LogP contribution in [-0.4, -0.2) is 26.8 Å². The molecule has 5 aromatic carbocycles. The number of halogens is 1. The Morgan fingerprint density at radius 1 is 0.596 bits per heavy atom. The number of carbonyl (C=O) groups excluding carboxylic acids is 3. The van der Waals surface area contributed by atoms with E-state index in [1.165, 1.54) is 0 Å². The molecule has 0 atom stereocenters. The first kappa shape index (κ1) is 50.0. The molecular formula is C42H31ClLiN2O3Y3-3. The minimum absolute atomic E-state index is 0. The Labute approximate surface area is 398 Å². The van der Waals surface area contributed by atoms with Crippen molar-refractivity contribution in [1.29, 1.82) is 0 Å². The van der Waals surface area contributed by atoms with Gasteiger partial charge in [-0.1, -0.05) is 47.0 Å². The van der Waals surface area contributed by atoms with Crippen LogP contribution in [0.25, 0.3) is 21.8 Å². The number of pyridine rings is 2. The first-order chi connectivity index (χ1) is 23.3. The standard InChI is InChI=1S/C17H12NO.C10H8N.C8H7O.C7H4ClO.Li.3Y/c19-17(13-6-2-1-3-7-13)12-14-10-11-18-16-9-5-4-8-15(14)16;1-8-6-7-11-10-5-3-2-4-9(8)10;1-7(9)8-5-3-2-4-6-8;8-7(9)6-4-2-1-3-5-6;;;;/h2-11H,12H2;2-7H,1H2;3-6H,1H3;2-5H;;;;/q4*-1;+1;;;. The third-order valence-corrected chi connectivity index (χ3v) is 7.16. The van der Waals surface area contributed by atoms with Gasteiger partial charge in [0.25, 0.3) is 0 Å². The molecule has 2 aromatic heterocycles. The number of aromatic nitrogens is 2. The van der Waals surface area contributed by atoms with Crippen molar-refractivity contribution in [1.82, 2.24) is 9.97 Å². The minimum atomic E-state index is -0.427. The first-order valence-electron chi connectivity index (χ1n) is 14.9. The van der Waals surface area contributed by atoms with Gasteiger partial charge < -0.3 is 0 Å². The van der Waals surface area contributed by atoms with Crippen LogP contribution >= 0.6 is 11.6 Å². The van der Waals surface area contributed by atoms with Crippen molar-refractivity contribution in [3.8, 4) is 0 Å². The van der Waals surface area contributed by atoms with Gasteiger partial charge in [-0.2, -0.15) is 103 Å². The van der Waals surface area contributed by atoms with Crippen molar-refractivity contribution in [2.45, 2.75) is 13.3 Å². The van der Waals surface area contributed by atoms with Crippen molar-refractivity contribution < 1.29 is 131 Å². The molecule has 0 unspecified atom stereocenters. The summed E-state index contributed by atoms with van der Waals surface area (Å²) in [6.07, 6.45) is 3.93. The number of ketones is 2. The van der Waals surface area contributed by atoms with Crippen LogP contribution < -0.4 is 18.9 Å². The van der Waals surface area contributed by atoms with Crippen molar-refractivity contribution >= 4 is 50.2 Å². The van der Waals surface area contributed by atoms with Gasteiger partial charge in [0.05, 0.1) is 5.52 Å². The van der Waals surface area contributed by atoms with Crippen molar-refractivity contribution in [2.24, 2.45) is 0 Å². The molecular weight excluding hydrogens is 890 g/mol. The molecule has 0 aliphatic rings. The fourth-order valence-corrected chi connectivity index (χ4v) is 4.58. The van der Waals surface area contributed by atoms with Crippen molar-refractivity contribution in [3.05, 3.63) is 199 Å². The minimum Gasteiger partial charge on any atom is -0.297 e. The summed E-state index contributed by atoms with van der Waals surface area (Å²) < 4.78 is 0. The molecule has 7 rings (SSSR count). The van der Waals surface area contributed by atoms with E-state index >= 15 is 0 Å². The van der Waals surface area contributed by atoms with Gasteiger partial charge in [-0.3, -0.25) is 24.4 Å². The number of carbonyl (C=O) groups is 3. The Kier molecular flexibility index (Phi) is 26.5. The molecule has 0 aliphatic carbocycles. The fraction of sp³-hybridized carbons (Fsp3) is 0.0476. The molecule has 5 nitrogen and oxygen atoms in total. The molecule has 0 fully saturated rings. The van der Waals surface area contributed by atoms with Gasteiger partial charge in [0.1, 0.15) is 11.6 Å². The number of hydrogen-bond donors (Lipinski definition) is 0. The molecule has 10 heteroatoms. The molecule has 2 heterocycles. The molecule has 0 amide bonds. The van der Waals surface area contributed by atoms with E-state index < -0.39 is 5.24 Å². The maximum Gasteiger partial charge on any atom is 1.00 e. The molecule has 0 saturated carbocycles. The van der Waals surface area contributed by atoms with Crippen molar-refractivity contribution in [3.63, 3.8) is 0 Å². The zero-order valence-corrected chi connectivity index (χ0v) is 38.3. The molecule has 0 spiro atoms. The van der Waals surface area contributed by atoms with E-state index in [9.17, 15) is 14.4 Å². The van der Waals surface area contributed by atoms with E-state index in [1.54, 1.807) is 92.1 Å². The molecule has 7 aromatic rings. The number of benzene rings is 5. The molecule has 0 aliphatic heterocycles. The summed E-state index contributed by atoms with van der Waals surface area (Å²) in [4.78, 5) is 41.8. The van der Waals surface area contributed by atoms with Gasteiger partial charge in [-0.05, 0) is 48.5 Å². The van der Waals surface area contributed by atoms with Crippen LogP contribution in [0, 0.1) is 25.1 Å². The second kappa shape index (κ2) is 27.6. The second-order valence-electron chi connectivity index (χ2n) is 10.3. The van der Waals surface area contributed by atoms with E-state index in [0.717, 1.165) is 44.1 Å². The summed E-state index contributed by atoms with van der Waals surface area (Å²) in [7, 11) is 0. The number of fused-ring (bicyclic) bond motifs is 2. The number of Topliss-reactive ketones (excluding diaryl/α,β-unsaturated/α-hetero) is 2. The average Bonchev–Trinajstić information content (AvgIpc) is 3.14. The van der Waals surface area contributed by atoms with Crippen LogP contribution in [0.15, 0.2) is 146 Å². The normalized spacial score (nSPS) is 9.12. The van der Waals surface area contributed by atoms with Crippen LogP contribution in [0.1, 0.15) is 49.1 Å². The van der Waals surface area contributed by atoms with Gasteiger partial charge in [-0.15, -0.1) is 17.5 Å². The smallest absolute Gasteiger partial charge is 0.297 e. The zero-order chi connectivity index (χ0) is 34.1. The fourth-order valence-electron chi connectivity index (χ4n) is 4.45. The average molecular weight is 921 g/mol. The monoisotopic (exact) mass is 920 g/mol. The number of nitrogens with zero attached hydrogens (tertiary/aromatic N) is 2.